The third-order valence-electron chi connectivity index (χ3n) is 2.45. The minimum atomic E-state index is 0.697. The Bertz CT molecular complexity index is 561. The highest BCUT2D eigenvalue weighted by atomic mass is 127. The van der Waals surface area contributed by atoms with Gasteiger partial charge in [0.05, 0.1) is 9.26 Å². The fourth-order valence-electron chi connectivity index (χ4n) is 1.70. The second-order valence-corrected chi connectivity index (χ2v) is 4.63. The highest BCUT2D eigenvalue weighted by Gasteiger charge is 2.14. The van der Waals surface area contributed by atoms with Crippen LogP contribution >= 0.6 is 22.6 Å². The van der Waals surface area contributed by atoms with Gasteiger partial charge >= 0.3 is 0 Å². The SMILES string of the molecule is Cc1[nH]c(I)c(C#N)c1-c1ccc(N)cc1. The standard InChI is InChI=1S/C12H10IN3/c1-7-11(10(6-14)12(13)16-7)8-2-4-9(15)5-3-8/h2-5,16H,15H2,1H3. The van der Waals surface area contributed by atoms with Crippen LogP contribution in [0.15, 0.2) is 24.3 Å². The lowest BCUT2D eigenvalue weighted by Crippen LogP contribution is -1.86. The fourth-order valence-corrected chi connectivity index (χ4v) is 2.50. The van der Waals surface area contributed by atoms with Gasteiger partial charge in [-0.3, -0.25) is 0 Å². The third-order valence-corrected chi connectivity index (χ3v) is 3.26. The average molecular weight is 323 g/mol. The highest BCUT2D eigenvalue weighted by molar-refractivity contribution is 14.1. The number of hydrogen-bond acceptors (Lipinski definition) is 2. The van der Waals surface area contributed by atoms with E-state index in [1.54, 1.807) is 0 Å². The molecule has 0 bridgehead atoms. The van der Waals surface area contributed by atoms with E-state index in [1.165, 1.54) is 0 Å². The zero-order valence-corrected chi connectivity index (χ0v) is 10.9. The molecule has 0 aliphatic heterocycles. The summed E-state index contributed by atoms with van der Waals surface area (Å²) in [7, 11) is 0. The van der Waals surface area contributed by atoms with Crippen LogP contribution < -0.4 is 5.73 Å². The summed E-state index contributed by atoms with van der Waals surface area (Å²) in [5.41, 5.74) is 10.1. The Kier molecular flexibility index (Phi) is 2.88. The molecule has 0 radical (unpaired) electrons. The minimum absolute atomic E-state index is 0.697. The maximum Gasteiger partial charge on any atom is 0.103 e. The number of H-pyrrole nitrogens is 1. The third kappa shape index (κ3) is 1.78. The first-order chi connectivity index (χ1) is 7.63. The highest BCUT2D eigenvalue weighted by Crippen LogP contribution is 2.30. The van der Waals surface area contributed by atoms with Crippen molar-refractivity contribution < 1.29 is 0 Å². The van der Waals surface area contributed by atoms with Gasteiger partial charge in [0.15, 0.2) is 0 Å². The van der Waals surface area contributed by atoms with Crippen LogP contribution in [0, 0.1) is 22.0 Å². The molecule has 0 unspecified atom stereocenters. The van der Waals surface area contributed by atoms with Crippen molar-refractivity contribution in [2.24, 2.45) is 0 Å². The largest absolute Gasteiger partial charge is 0.399 e. The van der Waals surface area contributed by atoms with Gasteiger partial charge in [-0.25, -0.2) is 0 Å². The molecule has 1 aromatic heterocycles. The van der Waals surface area contributed by atoms with E-state index >= 15 is 0 Å². The zero-order valence-electron chi connectivity index (χ0n) is 8.71. The number of hydrogen-bond donors (Lipinski definition) is 2. The van der Waals surface area contributed by atoms with Gasteiger partial charge < -0.3 is 10.7 Å². The molecule has 4 heteroatoms. The van der Waals surface area contributed by atoms with Crippen LogP contribution in [0.5, 0.6) is 0 Å². The smallest absolute Gasteiger partial charge is 0.103 e. The van der Waals surface area contributed by atoms with E-state index in [4.69, 9.17) is 11.0 Å². The molecule has 0 fully saturated rings. The van der Waals surface area contributed by atoms with Crippen molar-refractivity contribution in [3.63, 3.8) is 0 Å². The van der Waals surface area contributed by atoms with Crippen molar-refractivity contribution in [3.8, 4) is 17.2 Å². The number of aromatic nitrogens is 1. The molecule has 3 N–H and O–H groups in total. The quantitative estimate of drug-likeness (QED) is 0.626. The van der Waals surface area contributed by atoms with Gasteiger partial charge in [-0.1, -0.05) is 12.1 Å². The van der Waals surface area contributed by atoms with Crippen LogP contribution in [0.4, 0.5) is 5.69 Å². The van der Waals surface area contributed by atoms with Crippen LogP contribution in [0.3, 0.4) is 0 Å². The summed E-state index contributed by atoms with van der Waals surface area (Å²) in [6.07, 6.45) is 0. The number of rotatable bonds is 1. The predicted octanol–water partition coefficient (Wildman–Crippen LogP) is 3.05. The van der Waals surface area contributed by atoms with Gasteiger partial charge in [0, 0.05) is 16.9 Å². The number of nitrogens with two attached hydrogens (primary N) is 1. The molecule has 1 heterocycles. The van der Waals surface area contributed by atoms with Gasteiger partial charge in [0.2, 0.25) is 0 Å². The molecule has 0 spiro atoms. The molecule has 0 saturated carbocycles. The van der Waals surface area contributed by atoms with Crippen LogP contribution in [-0.4, -0.2) is 4.98 Å². The van der Waals surface area contributed by atoms with Gasteiger partial charge in [-0.05, 0) is 47.2 Å². The van der Waals surface area contributed by atoms with Crippen molar-refractivity contribution in [3.05, 3.63) is 39.2 Å². The molecular formula is C12H10IN3. The molecule has 2 rings (SSSR count). The van der Waals surface area contributed by atoms with Crippen LogP contribution in [0.25, 0.3) is 11.1 Å². The Morgan fingerprint density at radius 1 is 1.31 bits per heavy atom. The summed E-state index contributed by atoms with van der Waals surface area (Å²) < 4.78 is 0.879. The molecule has 0 atom stereocenters. The molecule has 1 aromatic carbocycles. The lowest BCUT2D eigenvalue weighted by atomic mass is 10.0. The van der Waals surface area contributed by atoms with Crippen LogP contribution in [0.1, 0.15) is 11.3 Å². The Morgan fingerprint density at radius 2 is 1.94 bits per heavy atom. The molecule has 0 aliphatic rings. The lowest BCUT2D eigenvalue weighted by molar-refractivity contribution is 1.23. The molecule has 0 aliphatic carbocycles. The Balaban J connectivity index is 2.64. The first-order valence-electron chi connectivity index (χ1n) is 4.77. The second kappa shape index (κ2) is 4.18. The van der Waals surface area contributed by atoms with E-state index in [2.05, 4.69) is 33.6 Å². The second-order valence-electron chi connectivity index (χ2n) is 3.55. The van der Waals surface area contributed by atoms with Crippen molar-refractivity contribution in [2.45, 2.75) is 6.92 Å². The number of halogens is 1. The van der Waals surface area contributed by atoms with Crippen molar-refractivity contribution in [1.82, 2.24) is 4.98 Å². The summed E-state index contributed by atoms with van der Waals surface area (Å²) in [5, 5.41) is 9.13. The molecule has 3 nitrogen and oxygen atoms in total. The zero-order chi connectivity index (χ0) is 11.7. The topological polar surface area (TPSA) is 65.6 Å². The number of nitrogens with one attached hydrogen (secondary N) is 1. The maximum absolute atomic E-state index is 9.13. The normalized spacial score (nSPS) is 10.1. The van der Waals surface area contributed by atoms with Crippen molar-refractivity contribution in [1.29, 1.82) is 5.26 Å². The Labute approximate surface area is 107 Å². The number of benzene rings is 1. The number of anilines is 1. The molecular weight excluding hydrogens is 313 g/mol. The fraction of sp³-hybridized carbons (Fsp3) is 0.0833. The van der Waals surface area contributed by atoms with E-state index in [0.29, 0.717) is 5.56 Å². The molecule has 2 aromatic rings. The minimum Gasteiger partial charge on any atom is -0.399 e. The number of nitrogen functional groups attached to an aromatic ring is 1. The molecule has 0 amide bonds. The first kappa shape index (κ1) is 11.0. The van der Waals surface area contributed by atoms with E-state index in [9.17, 15) is 0 Å². The monoisotopic (exact) mass is 323 g/mol. The summed E-state index contributed by atoms with van der Waals surface area (Å²) in [4.78, 5) is 3.17. The average Bonchev–Trinajstić information content (AvgIpc) is 2.54. The summed E-state index contributed by atoms with van der Waals surface area (Å²) >= 11 is 2.14. The van der Waals surface area contributed by atoms with Crippen LogP contribution in [0.2, 0.25) is 0 Å². The Hall–Kier alpha value is -1.48. The number of nitrogens with zero attached hydrogens (tertiary/aromatic N) is 1. The summed E-state index contributed by atoms with van der Waals surface area (Å²) in [6.45, 7) is 1.97. The van der Waals surface area contributed by atoms with Gasteiger partial charge in [0.1, 0.15) is 6.07 Å². The van der Waals surface area contributed by atoms with Gasteiger partial charge in [-0.2, -0.15) is 5.26 Å². The predicted molar refractivity (Wildman–Crippen MR) is 72.8 cm³/mol. The Morgan fingerprint density at radius 3 is 2.50 bits per heavy atom. The molecule has 80 valence electrons. The summed E-state index contributed by atoms with van der Waals surface area (Å²) in [6, 6.07) is 9.78. The van der Waals surface area contributed by atoms with Crippen molar-refractivity contribution in [2.75, 3.05) is 5.73 Å². The van der Waals surface area contributed by atoms with E-state index in [1.807, 2.05) is 31.2 Å². The van der Waals surface area contributed by atoms with Crippen LogP contribution in [-0.2, 0) is 0 Å². The van der Waals surface area contributed by atoms with Crippen molar-refractivity contribution >= 4 is 28.3 Å². The first-order valence-corrected chi connectivity index (χ1v) is 5.85. The van der Waals surface area contributed by atoms with E-state index in [-0.39, 0.29) is 0 Å². The van der Waals surface area contributed by atoms with Gasteiger partial charge in [-0.15, -0.1) is 0 Å². The maximum atomic E-state index is 9.13. The number of nitriles is 1. The van der Waals surface area contributed by atoms with Gasteiger partial charge in [0.25, 0.3) is 0 Å². The van der Waals surface area contributed by atoms with E-state index in [0.717, 1.165) is 26.2 Å². The number of aromatic amines is 1. The molecule has 0 saturated heterocycles. The summed E-state index contributed by atoms with van der Waals surface area (Å²) in [5.74, 6) is 0. The molecule has 16 heavy (non-hydrogen) atoms. The van der Waals surface area contributed by atoms with E-state index < -0.39 is 0 Å². The lowest BCUT2D eigenvalue weighted by Gasteiger charge is -2.01. The number of aryl methyl sites for hydroxylation is 1.